The van der Waals surface area contributed by atoms with Gasteiger partial charge in [-0.15, -0.1) is 0 Å². The molecule has 13 aromatic carbocycles. The fourth-order valence-electron chi connectivity index (χ4n) is 11.6. The maximum absolute atomic E-state index is 2.42. The first-order chi connectivity index (χ1) is 35.8. The largest absolute Gasteiger partial charge is 0.310 e. The molecule has 14 rings (SSSR count). The van der Waals surface area contributed by atoms with Gasteiger partial charge in [-0.2, -0.15) is 0 Å². The third kappa shape index (κ3) is 6.72. The molecule has 1 aromatic heterocycles. The Balaban J connectivity index is 0.984. The molecule has 336 valence electrons. The van der Waals surface area contributed by atoms with Gasteiger partial charge in [0.25, 0.3) is 0 Å². The Kier molecular flexibility index (Phi) is 9.89. The standard InChI is InChI=1S/C70H46N2/c1-4-20-47(21-5-1)67-61-31-14-10-26-55(61)57-28-12-16-33-63(57)69(67)49-36-40-52(41-37-49)71(54-44-45-60-59-30-18-19-35-65(59)72(66(60)46-54)51-24-8-3-9-25-51)53-42-38-50(39-43-53)70-64-34-17-13-29-58(64)56-27-11-15-32-62(56)68(70)48-22-6-2-7-23-48/h1-46H. The minimum absolute atomic E-state index is 1.07. The van der Waals surface area contributed by atoms with Gasteiger partial charge in [0.05, 0.1) is 11.0 Å². The average molecular weight is 915 g/mol. The molecule has 0 unspecified atom stereocenters. The molecule has 0 amide bonds. The zero-order valence-corrected chi connectivity index (χ0v) is 39.5. The summed E-state index contributed by atoms with van der Waals surface area (Å²) in [6, 6.07) is 102. The van der Waals surface area contributed by atoms with Gasteiger partial charge in [0.1, 0.15) is 0 Å². The number of fused-ring (bicyclic) bond motifs is 9. The van der Waals surface area contributed by atoms with Crippen LogP contribution in [0.25, 0.3) is 115 Å². The van der Waals surface area contributed by atoms with E-state index in [1.54, 1.807) is 0 Å². The molecule has 0 fully saturated rings. The van der Waals surface area contributed by atoms with E-state index in [9.17, 15) is 0 Å². The van der Waals surface area contributed by atoms with Gasteiger partial charge in [-0.3, -0.25) is 0 Å². The number of hydrogen-bond acceptors (Lipinski definition) is 1. The molecule has 0 saturated heterocycles. The van der Waals surface area contributed by atoms with Crippen LogP contribution in [-0.2, 0) is 0 Å². The van der Waals surface area contributed by atoms with Crippen LogP contribution in [0.1, 0.15) is 0 Å². The Bertz CT molecular complexity index is 4140. The van der Waals surface area contributed by atoms with E-state index in [0.29, 0.717) is 0 Å². The molecule has 72 heavy (non-hydrogen) atoms. The van der Waals surface area contributed by atoms with Crippen molar-refractivity contribution in [3.8, 4) is 50.2 Å². The number of rotatable bonds is 8. The van der Waals surface area contributed by atoms with Crippen LogP contribution < -0.4 is 4.90 Å². The highest BCUT2D eigenvalue weighted by Gasteiger charge is 2.22. The first kappa shape index (κ1) is 41.5. The third-order valence-electron chi connectivity index (χ3n) is 14.7. The summed E-state index contributed by atoms with van der Waals surface area (Å²) in [4.78, 5) is 2.42. The SMILES string of the molecule is c1ccc(-c2c(-c3ccc(N(c4ccc(-c5c(-c6ccccc6)c6ccccc6c6ccccc56)cc4)c4ccc5c6ccccc6n(-c6ccccc6)c5c4)cc3)c3ccccc3c3ccccc23)cc1. The lowest BCUT2D eigenvalue weighted by Gasteiger charge is -2.27. The molecule has 0 aliphatic heterocycles. The maximum Gasteiger partial charge on any atom is 0.0561 e. The molecule has 14 aromatic rings. The van der Waals surface area contributed by atoms with Crippen molar-refractivity contribution in [1.29, 1.82) is 0 Å². The molecule has 1 heterocycles. The first-order valence-electron chi connectivity index (χ1n) is 24.8. The highest BCUT2D eigenvalue weighted by molar-refractivity contribution is 6.23. The normalized spacial score (nSPS) is 11.6. The molecule has 0 atom stereocenters. The van der Waals surface area contributed by atoms with Crippen LogP contribution in [0.3, 0.4) is 0 Å². The van der Waals surface area contributed by atoms with Gasteiger partial charge in [0.15, 0.2) is 0 Å². The van der Waals surface area contributed by atoms with Crippen LogP contribution in [0.2, 0.25) is 0 Å². The predicted octanol–water partition coefficient (Wildman–Crippen LogP) is 19.5. The summed E-state index contributed by atoms with van der Waals surface area (Å²) in [5.74, 6) is 0. The van der Waals surface area contributed by atoms with Crippen molar-refractivity contribution >= 4 is 82.0 Å². The van der Waals surface area contributed by atoms with Gasteiger partial charge in [0.2, 0.25) is 0 Å². The van der Waals surface area contributed by atoms with E-state index in [1.165, 1.54) is 104 Å². The van der Waals surface area contributed by atoms with Gasteiger partial charge in [-0.25, -0.2) is 0 Å². The van der Waals surface area contributed by atoms with Crippen molar-refractivity contribution in [2.75, 3.05) is 4.90 Å². The Morgan fingerprint density at radius 3 is 0.931 bits per heavy atom. The summed E-state index contributed by atoms with van der Waals surface area (Å²) in [7, 11) is 0. The zero-order valence-electron chi connectivity index (χ0n) is 39.5. The van der Waals surface area contributed by atoms with Gasteiger partial charge in [0, 0.05) is 33.5 Å². The van der Waals surface area contributed by atoms with Crippen LogP contribution in [0.4, 0.5) is 17.1 Å². The van der Waals surface area contributed by atoms with Crippen LogP contribution in [0.15, 0.2) is 279 Å². The van der Waals surface area contributed by atoms with Crippen molar-refractivity contribution in [2.24, 2.45) is 0 Å². The second-order valence-electron chi connectivity index (χ2n) is 18.7. The Morgan fingerprint density at radius 2 is 0.514 bits per heavy atom. The van der Waals surface area contributed by atoms with Gasteiger partial charge >= 0.3 is 0 Å². The van der Waals surface area contributed by atoms with E-state index in [-0.39, 0.29) is 0 Å². The molecule has 0 N–H and O–H groups in total. The van der Waals surface area contributed by atoms with Gasteiger partial charge in [-0.1, -0.05) is 224 Å². The van der Waals surface area contributed by atoms with Crippen LogP contribution in [0.5, 0.6) is 0 Å². The topological polar surface area (TPSA) is 8.17 Å². The van der Waals surface area contributed by atoms with Crippen molar-refractivity contribution < 1.29 is 0 Å². The molecule has 0 spiro atoms. The summed E-state index contributed by atoms with van der Waals surface area (Å²) in [5, 5.41) is 12.5. The van der Waals surface area contributed by atoms with Crippen LogP contribution in [-0.4, -0.2) is 4.57 Å². The van der Waals surface area contributed by atoms with Crippen molar-refractivity contribution in [1.82, 2.24) is 4.57 Å². The van der Waals surface area contributed by atoms with E-state index in [1.807, 2.05) is 0 Å². The summed E-state index contributed by atoms with van der Waals surface area (Å²) >= 11 is 0. The molecule has 2 heteroatoms. The number of benzene rings is 13. The summed E-state index contributed by atoms with van der Waals surface area (Å²) in [5.41, 5.74) is 16.4. The lowest BCUT2D eigenvalue weighted by atomic mass is 9.85. The smallest absolute Gasteiger partial charge is 0.0561 e. The highest BCUT2D eigenvalue weighted by atomic mass is 15.1. The number of nitrogens with zero attached hydrogens (tertiary/aromatic N) is 2. The van der Waals surface area contributed by atoms with Crippen molar-refractivity contribution in [3.63, 3.8) is 0 Å². The van der Waals surface area contributed by atoms with E-state index < -0.39 is 0 Å². The fraction of sp³-hybridized carbons (Fsp3) is 0. The Labute approximate surface area is 418 Å². The molecular weight excluding hydrogens is 869 g/mol. The lowest BCUT2D eigenvalue weighted by Crippen LogP contribution is -2.10. The zero-order chi connectivity index (χ0) is 47.5. The van der Waals surface area contributed by atoms with E-state index in [2.05, 4.69) is 289 Å². The van der Waals surface area contributed by atoms with Gasteiger partial charge < -0.3 is 9.47 Å². The molecule has 0 aliphatic carbocycles. The lowest BCUT2D eigenvalue weighted by molar-refractivity contribution is 1.18. The third-order valence-corrected chi connectivity index (χ3v) is 14.7. The Morgan fingerprint density at radius 1 is 0.208 bits per heavy atom. The number of para-hydroxylation sites is 2. The van der Waals surface area contributed by atoms with Gasteiger partial charge in [-0.05, 0) is 142 Å². The Hall–Kier alpha value is -9.50. The van der Waals surface area contributed by atoms with E-state index >= 15 is 0 Å². The van der Waals surface area contributed by atoms with Crippen LogP contribution >= 0.6 is 0 Å². The average Bonchev–Trinajstić information content (AvgIpc) is 3.79. The van der Waals surface area contributed by atoms with E-state index in [4.69, 9.17) is 0 Å². The van der Waals surface area contributed by atoms with Crippen molar-refractivity contribution in [3.05, 3.63) is 279 Å². The molecule has 0 radical (unpaired) electrons. The summed E-state index contributed by atoms with van der Waals surface area (Å²) < 4.78 is 2.41. The molecule has 0 saturated carbocycles. The minimum atomic E-state index is 1.07. The number of hydrogen-bond donors (Lipinski definition) is 0. The second kappa shape index (κ2) is 17.2. The molecule has 0 bridgehead atoms. The summed E-state index contributed by atoms with van der Waals surface area (Å²) in [6.45, 7) is 0. The molecule has 0 aliphatic rings. The van der Waals surface area contributed by atoms with Crippen molar-refractivity contribution in [2.45, 2.75) is 0 Å². The quantitative estimate of drug-likeness (QED) is 0.138. The summed E-state index contributed by atoms with van der Waals surface area (Å²) in [6.07, 6.45) is 0. The highest BCUT2D eigenvalue weighted by Crippen LogP contribution is 2.48. The van der Waals surface area contributed by atoms with Crippen LogP contribution in [0, 0.1) is 0 Å². The molecular formula is C70H46N2. The second-order valence-corrected chi connectivity index (χ2v) is 18.7. The monoisotopic (exact) mass is 914 g/mol. The first-order valence-corrected chi connectivity index (χ1v) is 24.8. The predicted molar refractivity (Wildman–Crippen MR) is 307 cm³/mol. The minimum Gasteiger partial charge on any atom is -0.310 e. The maximum atomic E-state index is 2.42. The van der Waals surface area contributed by atoms with E-state index in [0.717, 1.165) is 28.3 Å². The fourth-order valence-corrected chi connectivity index (χ4v) is 11.6. The molecule has 2 nitrogen and oxygen atoms in total. The number of anilines is 3. The number of aromatic nitrogens is 1.